The Balaban J connectivity index is 2.12. The number of hydrogen-bond donors (Lipinski definition) is 1. The average Bonchev–Trinajstić information content (AvgIpc) is 2.56. The molecule has 0 unspecified atom stereocenters. The minimum absolute atomic E-state index is 0.629. The number of aromatic nitrogens is 3. The van der Waals surface area contributed by atoms with Crippen molar-refractivity contribution < 1.29 is 0 Å². The number of hydrogen-bond acceptors (Lipinski definition) is 3. The van der Waals surface area contributed by atoms with Gasteiger partial charge in [-0.05, 0) is 18.9 Å². The summed E-state index contributed by atoms with van der Waals surface area (Å²) >= 11 is 0. The molecule has 84 valence electrons. The molecule has 4 nitrogen and oxygen atoms in total. The van der Waals surface area contributed by atoms with E-state index in [9.17, 15) is 0 Å². The van der Waals surface area contributed by atoms with Crippen molar-refractivity contribution >= 4 is 16.9 Å². The fourth-order valence-corrected chi connectivity index (χ4v) is 2.15. The molecule has 2 aromatic heterocycles. The lowest BCUT2D eigenvalue weighted by molar-refractivity contribution is 0.404. The predicted octanol–water partition coefficient (Wildman–Crippen LogP) is 2.29. The standard InChI is InChI=1S/C12H16N4/c1-16(2)9-6-7-13-12-10(9)14-11(15-12)8-4-3-5-8/h6-8H,3-5H2,1-2H3,(H,13,14,15). The van der Waals surface area contributed by atoms with Crippen molar-refractivity contribution in [2.75, 3.05) is 19.0 Å². The van der Waals surface area contributed by atoms with Gasteiger partial charge in [0, 0.05) is 26.2 Å². The number of rotatable bonds is 2. The third-order valence-electron chi connectivity index (χ3n) is 3.36. The molecule has 0 amide bonds. The topological polar surface area (TPSA) is 44.8 Å². The molecule has 16 heavy (non-hydrogen) atoms. The largest absolute Gasteiger partial charge is 0.376 e. The van der Waals surface area contributed by atoms with Crippen molar-refractivity contribution in [3.8, 4) is 0 Å². The van der Waals surface area contributed by atoms with E-state index in [-0.39, 0.29) is 0 Å². The maximum absolute atomic E-state index is 4.70. The summed E-state index contributed by atoms with van der Waals surface area (Å²) in [6.45, 7) is 0. The van der Waals surface area contributed by atoms with Crippen molar-refractivity contribution in [1.82, 2.24) is 15.0 Å². The van der Waals surface area contributed by atoms with Gasteiger partial charge < -0.3 is 9.88 Å². The van der Waals surface area contributed by atoms with E-state index in [4.69, 9.17) is 4.98 Å². The van der Waals surface area contributed by atoms with E-state index in [1.165, 1.54) is 19.3 Å². The summed E-state index contributed by atoms with van der Waals surface area (Å²) in [5.74, 6) is 1.74. The van der Waals surface area contributed by atoms with Crippen LogP contribution in [0.1, 0.15) is 31.0 Å². The fraction of sp³-hybridized carbons (Fsp3) is 0.500. The minimum Gasteiger partial charge on any atom is -0.376 e. The SMILES string of the molecule is CN(C)c1ccnc2[nH]c(C3CCC3)nc12. The monoisotopic (exact) mass is 216 g/mol. The second kappa shape index (κ2) is 3.47. The summed E-state index contributed by atoms with van der Waals surface area (Å²) < 4.78 is 0. The first-order valence-electron chi connectivity index (χ1n) is 5.77. The van der Waals surface area contributed by atoms with Crippen LogP contribution in [-0.2, 0) is 0 Å². The van der Waals surface area contributed by atoms with Crippen LogP contribution in [0.15, 0.2) is 12.3 Å². The summed E-state index contributed by atoms with van der Waals surface area (Å²) in [5.41, 5.74) is 3.04. The molecule has 0 aliphatic heterocycles. The molecule has 0 saturated heterocycles. The van der Waals surface area contributed by atoms with Crippen LogP contribution in [-0.4, -0.2) is 29.0 Å². The summed E-state index contributed by atoms with van der Waals surface area (Å²) in [6, 6.07) is 2.01. The van der Waals surface area contributed by atoms with Crippen molar-refractivity contribution in [2.45, 2.75) is 25.2 Å². The molecular formula is C12H16N4. The highest BCUT2D eigenvalue weighted by molar-refractivity contribution is 5.85. The first-order chi connectivity index (χ1) is 7.75. The number of pyridine rings is 1. The Morgan fingerprint density at radius 2 is 2.19 bits per heavy atom. The van der Waals surface area contributed by atoms with E-state index < -0.39 is 0 Å². The van der Waals surface area contributed by atoms with Crippen LogP contribution in [0.2, 0.25) is 0 Å². The number of aromatic amines is 1. The summed E-state index contributed by atoms with van der Waals surface area (Å²) in [6.07, 6.45) is 5.68. The molecule has 2 heterocycles. The van der Waals surface area contributed by atoms with E-state index >= 15 is 0 Å². The first kappa shape index (κ1) is 9.63. The Bertz CT molecular complexity index is 511. The van der Waals surface area contributed by atoms with Crippen LogP contribution >= 0.6 is 0 Å². The maximum atomic E-state index is 4.70. The number of anilines is 1. The van der Waals surface area contributed by atoms with Gasteiger partial charge in [-0.2, -0.15) is 0 Å². The number of fused-ring (bicyclic) bond motifs is 1. The van der Waals surface area contributed by atoms with E-state index in [1.54, 1.807) is 0 Å². The lowest BCUT2D eigenvalue weighted by atomic mass is 9.85. The number of nitrogens with one attached hydrogen (secondary N) is 1. The zero-order valence-electron chi connectivity index (χ0n) is 9.70. The van der Waals surface area contributed by atoms with Crippen LogP contribution in [0.3, 0.4) is 0 Å². The van der Waals surface area contributed by atoms with Crippen LogP contribution in [0.25, 0.3) is 11.2 Å². The van der Waals surface area contributed by atoms with Crippen LogP contribution in [0.4, 0.5) is 5.69 Å². The molecule has 0 spiro atoms. The Kier molecular flexibility index (Phi) is 2.09. The van der Waals surface area contributed by atoms with Crippen LogP contribution in [0.5, 0.6) is 0 Å². The Hall–Kier alpha value is -1.58. The van der Waals surface area contributed by atoms with Gasteiger partial charge in [-0.3, -0.25) is 0 Å². The molecule has 1 aliphatic rings. The van der Waals surface area contributed by atoms with Crippen molar-refractivity contribution in [1.29, 1.82) is 0 Å². The second-order valence-corrected chi connectivity index (χ2v) is 4.67. The van der Waals surface area contributed by atoms with Gasteiger partial charge in [0.1, 0.15) is 11.3 Å². The molecule has 4 heteroatoms. The van der Waals surface area contributed by atoms with Crippen molar-refractivity contribution in [3.63, 3.8) is 0 Å². The van der Waals surface area contributed by atoms with Gasteiger partial charge >= 0.3 is 0 Å². The first-order valence-corrected chi connectivity index (χ1v) is 5.77. The molecule has 0 atom stereocenters. The van der Waals surface area contributed by atoms with E-state index in [1.807, 2.05) is 26.4 Å². The zero-order chi connectivity index (χ0) is 11.1. The number of nitrogens with zero attached hydrogens (tertiary/aromatic N) is 3. The second-order valence-electron chi connectivity index (χ2n) is 4.67. The lowest BCUT2D eigenvalue weighted by Crippen LogP contribution is -2.10. The molecule has 0 bridgehead atoms. The van der Waals surface area contributed by atoms with E-state index in [2.05, 4.69) is 14.9 Å². The van der Waals surface area contributed by atoms with Crippen molar-refractivity contribution in [2.24, 2.45) is 0 Å². The highest BCUT2D eigenvalue weighted by atomic mass is 15.1. The average molecular weight is 216 g/mol. The zero-order valence-corrected chi connectivity index (χ0v) is 9.70. The molecule has 1 saturated carbocycles. The van der Waals surface area contributed by atoms with Gasteiger partial charge in [-0.1, -0.05) is 6.42 Å². The summed E-state index contributed by atoms with van der Waals surface area (Å²) in [5, 5.41) is 0. The quantitative estimate of drug-likeness (QED) is 0.837. The van der Waals surface area contributed by atoms with Crippen molar-refractivity contribution in [3.05, 3.63) is 18.1 Å². The number of H-pyrrole nitrogens is 1. The predicted molar refractivity (Wildman–Crippen MR) is 64.8 cm³/mol. The molecule has 1 aliphatic carbocycles. The van der Waals surface area contributed by atoms with Crippen LogP contribution in [0, 0.1) is 0 Å². The van der Waals surface area contributed by atoms with Gasteiger partial charge in [0.15, 0.2) is 5.65 Å². The normalized spacial score (nSPS) is 16.4. The van der Waals surface area contributed by atoms with Gasteiger partial charge in [0.25, 0.3) is 0 Å². The molecule has 0 radical (unpaired) electrons. The summed E-state index contributed by atoms with van der Waals surface area (Å²) in [4.78, 5) is 14.5. The molecule has 3 rings (SSSR count). The molecule has 1 N–H and O–H groups in total. The lowest BCUT2D eigenvalue weighted by Gasteiger charge is -2.22. The van der Waals surface area contributed by atoms with E-state index in [0.29, 0.717) is 5.92 Å². The maximum Gasteiger partial charge on any atom is 0.159 e. The van der Waals surface area contributed by atoms with Gasteiger partial charge in [-0.15, -0.1) is 0 Å². The third kappa shape index (κ3) is 1.37. The van der Waals surface area contributed by atoms with Gasteiger partial charge in [0.2, 0.25) is 0 Å². The smallest absolute Gasteiger partial charge is 0.159 e. The highest BCUT2D eigenvalue weighted by Gasteiger charge is 2.23. The highest BCUT2D eigenvalue weighted by Crippen LogP contribution is 2.36. The Morgan fingerprint density at radius 1 is 1.38 bits per heavy atom. The molecular weight excluding hydrogens is 200 g/mol. The van der Waals surface area contributed by atoms with E-state index in [0.717, 1.165) is 22.7 Å². The Labute approximate surface area is 94.7 Å². The van der Waals surface area contributed by atoms with Gasteiger partial charge in [0.05, 0.1) is 5.69 Å². The summed E-state index contributed by atoms with van der Waals surface area (Å²) in [7, 11) is 4.07. The minimum atomic E-state index is 0.629. The number of imidazole rings is 1. The third-order valence-corrected chi connectivity index (χ3v) is 3.36. The van der Waals surface area contributed by atoms with Crippen LogP contribution < -0.4 is 4.90 Å². The molecule has 2 aromatic rings. The fourth-order valence-electron chi connectivity index (χ4n) is 2.15. The Morgan fingerprint density at radius 3 is 2.81 bits per heavy atom. The molecule has 0 aromatic carbocycles. The van der Waals surface area contributed by atoms with Gasteiger partial charge in [-0.25, -0.2) is 9.97 Å². The molecule has 1 fully saturated rings.